The molecule has 1 N–H and O–H groups in total. The second kappa shape index (κ2) is 5.94. The van der Waals surface area contributed by atoms with Crippen LogP contribution in [0.5, 0.6) is 0 Å². The summed E-state index contributed by atoms with van der Waals surface area (Å²) in [6, 6.07) is 1.36. The van der Waals surface area contributed by atoms with E-state index in [-0.39, 0.29) is 0 Å². The zero-order chi connectivity index (χ0) is 12.3. The third-order valence-electron chi connectivity index (χ3n) is 4.30. The minimum atomic E-state index is 0.590. The molecule has 3 heteroatoms. The molecule has 0 aromatic carbocycles. The van der Waals surface area contributed by atoms with Crippen LogP contribution >= 0.6 is 11.8 Å². The fourth-order valence-corrected chi connectivity index (χ4v) is 4.45. The van der Waals surface area contributed by atoms with Gasteiger partial charge in [-0.1, -0.05) is 26.7 Å². The van der Waals surface area contributed by atoms with Crippen molar-refractivity contribution in [3.05, 3.63) is 0 Å². The highest BCUT2D eigenvalue weighted by Crippen LogP contribution is 2.41. The highest BCUT2D eigenvalue weighted by Gasteiger charge is 2.36. The van der Waals surface area contributed by atoms with Gasteiger partial charge in [-0.3, -0.25) is 0 Å². The van der Waals surface area contributed by atoms with Gasteiger partial charge in [0.1, 0.15) is 0 Å². The van der Waals surface area contributed by atoms with Crippen molar-refractivity contribution in [1.29, 1.82) is 0 Å². The molecule has 0 amide bonds. The molecule has 1 heterocycles. The zero-order valence-corrected chi connectivity index (χ0v) is 12.5. The topological polar surface area (TPSA) is 15.3 Å². The molecule has 1 unspecified atom stereocenters. The van der Waals surface area contributed by atoms with Gasteiger partial charge in [-0.25, -0.2) is 0 Å². The van der Waals surface area contributed by atoms with Gasteiger partial charge in [0.2, 0.25) is 0 Å². The number of rotatable bonds is 5. The fraction of sp³-hybridized carbons (Fsp3) is 1.00. The van der Waals surface area contributed by atoms with Gasteiger partial charge < -0.3 is 10.2 Å². The van der Waals surface area contributed by atoms with E-state index >= 15 is 0 Å². The van der Waals surface area contributed by atoms with Crippen molar-refractivity contribution in [1.82, 2.24) is 10.2 Å². The van der Waals surface area contributed by atoms with Crippen LogP contribution in [0.3, 0.4) is 0 Å². The summed E-state index contributed by atoms with van der Waals surface area (Å²) in [6.45, 7) is 8.39. The Morgan fingerprint density at radius 1 is 1.35 bits per heavy atom. The van der Waals surface area contributed by atoms with E-state index in [1.807, 2.05) is 0 Å². The Morgan fingerprint density at radius 2 is 2.06 bits per heavy atom. The molecule has 2 fully saturated rings. The van der Waals surface area contributed by atoms with Gasteiger partial charge in [0.25, 0.3) is 0 Å². The van der Waals surface area contributed by atoms with Crippen molar-refractivity contribution in [2.75, 3.05) is 25.9 Å². The van der Waals surface area contributed by atoms with Crippen molar-refractivity contribution in [3.63, 3.8) is 0 Å². The molecule has 2 rings (SSSR count). The standard InChI is InChI=1S/C14H28N2S/c1-12(2)15-13-6-9-16(10-13)11-14(17-3)7-4-5-8-14/h12-13,15H,4-11H2,1-3H3. The molecule has 0 spiro atoms. The summed E-state index contributed by atoms with van der Waals surface area (Å²) < 4.78 is 0.590. The molecule has 2 aliphatic rings. The van der Waals surface area contributed by atoms with Crippen LogP contribution in [0.25, 0.3) is 0 Å². The van der Waals surface area contributed by atoms with E-state index in [1.165, 1.54) is 51.7 Å². The SMILES string of the molecule is CSC1(CN2CCC(NC(C)C)C2)CCCC1. The van der Waals surface area contributed by atoms with Gasteiger partial charge in [0, 0.05) is 29.9 Å². The van der Waals surface area contributed by atoms with Crippen LogP contribution in [0.2, 0.25) is 0 Å². The lowest BCUT2D eigenvalue weighted by Crippen LogP contribution is -2.41. The summed E-state index contributed by atoms with van der Waals surface area (Å²) in [6.07, 6.45) is 9.42. The molecule has 1 aliphatic heterocycles. The van der Waals surface area contributed by atoms with Gasteiger partial charge in [-0.05, 0) is 32.1 Å². The van der Waals surface area contributed by atoms with Crippen LogP contribution in [-0.2, 0) is 0 Å². The number of nitrogens with one attached hydrogen (secondary N) is 1. The van der Waals surface area contributed by atoms with Crippen LogP contribution in [0.4, 0.5) is 0 Å². The normalized spacial score (nSPS) is 29.3. The molecule has 1 atom stereocenters. The first-order chi connectivity index (χ1) is 8.13. The van der Waals surface area contributed by atoms with Crippen molar-refractivity contribution in [3.8, 4) is 0 Å². The van der Waals surface area contributed by atoms with Gasteiger partial charge in [-0.15, -0.1) is 0 Å². The Labute approximate surface area is 111 Å². The molecular weight excluding hydrogens is 228 g/mol. The largest absolute Gasteiger partial charge is 0.310 e. The summed E-state index contributed by atoms with van der Waals surface area (Å²) in [5.74, 6) is 0. The fourth-order valence-electron chi connectivity index (χ4n) is 3.44. The number of thioether (sulfide) groups is 1. The Balaban J connectivity index is 1.80. The van der Waals surface area contributed by atoms with E-state index in [4.69, 9.17) is 0 Å². The smallest absolute Gasteiger partial charge is 0.0284 e. The second-order valence-corrected chi connectivity index (χ2v) is 7.41. The van der Waals surface area contributed by atoms with Crippen molar-refractivity contribution >= 4 is 11.8 Å². The van der Waals surface area contributed by atoms with E-state index in [0.29, 0.717) is 10.8 Å². The lowest BCUT2D eigenvalue weighted by molar-refractivity contribution is 0.289. The molecule has 1 saturated carbocycles. The first kappa shape index (κ1) is 13.7. The van der Waals surface area contributed by atoms with E-state index in [1.54, 1.807) is 0 Å². The van der Waals surface area contributed by atoms with E-state index in [2.05, 4.69) is 42.1 Å². The van der Waals surface area contributed by atoms with Gasteiger partial charge in [0.05, 0.1) is 0 Å². The average molecular weight is 256 g/mol. The lowest BCUT2D eigenvalue weighted by atomic mass is 10.1. The maximum absolute atomic E-state index is 3.68. The first-order valence-corrected chi connectivity index (χ1v) is 8.40. The van der Waals surface area contributed by atoms with Gasteiger partial charge in [0.15, 0.2) is 0 Å². The van der Waals surface area contributed by atoms with Crippen LogP contribution in [0.15, 0.2) is 0 Å². The Morgan fingerprint density at radius 3 is 2.65 bits per heavy atom. The average Bonchev–Trinajstić information content (AvgIpc) is 2.89. The minimum absolute atomic E-state index is 0.590. The van der Waals surface area contributed by atoms with E-state index < -0.39 is 0 Å². The number of hydrogen-bond donors (Lipinski definition) is 1. The predicted molar refractivity (Wildman–Crippen MR) is 77.8 cm³/mol. The quantitative estimate of drug-likeness (QED) is 0.814. The summed E-state index contributed by atoms with van der Waals surface area (Å²) >= 11 is 2.12. The second-order valence-electron chi connectivity index (χ2n) is 6.14. The zero-order valence-electron chi connectivity index (χ0n) is 11.7. The molecule has 0 bridgehead atoms. The maximum Gasteiger partial charge on any atom is 0.0284 e. The van der Waals surface area contributed by atoms with Crippen LogP contribution in [0.1, 0.15) is 46.0 Å². The molecule has 100 valence electrons. The molecule has 1 saturated heterocycles. The van der Waals surface area contributed by atoms with Crippen LogP contribution in [0, 0.1) is 0 Å². The lowest BCUT2D eigenvalue weighted by Gasteiger charge is -2.32. The van der Waals surface area contributed by atoms with E-state index in [9.17, 15) is 0 Å². The molecule has 1 aliphatic carbocycles. The molecule has 0 radical (unpaired) electrons. The number of hydrogen-bond acceptors (Lipinski definition) is 3. The van der Waals surface area contributed by atoms with Crippen LogP contribution in [-0.4, -0.2) is 47.6 Å². The van der Waals surface area contributed by atoms with Crippen LogP contribution < -0.4 is 5.32 Å². The summed E-state index contributed by atoms with van der Waals surface area (Å²) in [4.78, 5) is 2.70. The van der Waals surface area contributed by atoms with Crippen molar-refractivity contribution in [2.45, 2.75) is 62.8 Å². The van der Waals surface area contributed by atoms with E-state index in [0.717, 1.165) is 6.04 Å². The minimum Gasteiger partial charge on any atom is -0.310 e. The Bertz CT molecular complexity index is 236. The third-order valence-corrected chi connectivity index (χ3v) is 5.70. The summed E-state index contributed by atoms with van der Waals surface area (Å²) in [5.41, 5.74) is 0. The van der Waals surface area contributed by atoms with Crippen molar-refractivity contribution in [2.24, 2.45) is 0 Å². The Hall–Kier alpha value is 0.270. The number of nitrogens with zero attached hydrogens (tertiary/aromatic N) is 1. The molecular formula is C14H28N2S. The van der Waals surface area contributed by atoms with Crippen molar-refractivity contribution < 1.29 is 0 Å². The monoisotopic (exact) mass is 256 g/mol. The summed E-state index contributed by atoms with van der Waals surface area (Å²) in [7, 11) is 0. The summed E-state index contributed by atoms with van der Waals surface area (Å²) in [5, 5.41) is 3.68. The molecule has 0 aromatic heterocycles. The number of likely N-dealkylation sites (tertiary alicyclic amines) is 1. The van der Waals surface area contributed by atoms with Gasteiger partial charge in [-0.2, -0.15) is 11.8 Å². The van der Waals surface area contributed by atoms with Gasteiger partial charge >= 0.3 is 0 Å². The predicted octanol–water partition coefficient (Wildman–Crippen LogP) is 2.73. The maximum atomic E-state index is 3.68. The molecule has 17 heavy (non-hydrogen) atoms. The highest BCUT2D eigenvalue weighted by molar-refractivity contribution is 8.00. The highest BCUT2D eigenvalue weighted by atomic mass is 32.2. The molecule has 0 aromatic rings. The molecule has 2 nitrogen and oxygen atoms in total. The third kappa shape index (κ3) is 3.62. The Kier molecular flexibility index (Phi) is 4.79. The first-order valence-electron chi connectivity index (χ1n) is 7.17.